The molecule has 7 heteroatoms. The van der Waals surface area contributed by atoms with Gasteiger partial charge in [0, 0.05) is 62.7 Å². The lowest BCUT2D eigenvalue weighted by atomic mass is 10.1. The lowest BCUT2D eigenvalue weighted by Crippen LogP contribution is -2.50. The molecule has 0 aliphatic carbocycles. The Hall–Kier alpha value is -2.77. The van der Waals surface area contributed by atoms with Crippen molar-refractivity contribution in [2.24, 2.45) is 5.18 Å². The topological polar surface area (TPSA) is 74.0 Å². The Morgan fingerprint density at radius 2 is 1.81 bits per heavy atom. The summed E-state index contributed by atoms with van der Waals surface area (Å²) in [5.74, 6) is 0. The monoisotopic (exact) mass is 421 g/mol. The van der Waals surface area contributed by atoms with Crippen molar-refractivity contribution < 1.29 is 5.11 Å². The van der Waals surface area contributed by atoms with E-state index < -0.39 is 5.60 Å². The molecule has 1 aromatic carbocycles. The Balaban J connectivity index is 1.49. The molecule has 0 saturated carbocycles. The van der Waals surface area contributed by atoms with E-state index in [0.29, 0.717) is 6.54 Å². The van der Waals surface area contributed by atoms with E-state index in [2.05, 4.69) is 55.0 Å². The number of β-amino-alcohol motifs (C(OH)–C–C–N with tert-alkyl or cyclic N) is 1. The molecule has 1 atom stereocenters. The maximum Gasteiger partial charge on any atom is 0.142 e. The fourth-order valence-electron chi connectivity index (χ4n) is 4.33. The van der Waals surface area contributed by atoms with Gasteiger partial charge in [-0.3, -0.25) is 4.90 Å². The summed E-state index contributed by atoms with van der Waals surface area (Å²) in [5.41, 5.74) is 3.62. The van der Waals surface area contributed by atoms with E-state index >= 15 is 0 Å². The molecule has 7 nitrogen and oxygen atoms in total. The summed E-state index contributed by atoms with van der Waals surface area (Å²) in [4.78, 5) is 20.1. The first-order chi connectivity index (χ1) is 14.8. The van der Waals surface area contributed by atoms with Gasteiger partial charge in [-0.05, 0) is 44.0 Å². The molecule has 0 spiro atoms. The Bertz CT molecular complexity index is 1030. The largest absolute Gasteiger partial charge is 0.389 e. The number of nitrogens with zero attached hydrogens (tertiary/aromatic N) is 5. The molecule has 4 rings (SSSR count). The van der Waals surface area contributed by atoms with Crippen LogP contribution in [0.1, 0.15) is 37.9 Å². The van der Waals surface area contributed by atoms with Crippen LogP contribution in [0, 0.1) is 4.91 Å². The zero-order valence-corrected chi connectivity index (χ0v) is 18.5. The van der Waals surface area contributed by atoms with Crippen LogP contribution in [-0.2, 0) is 6.54 Å². The molecule has 1 N–H and O–H groups in total. The Labute approximate surface area is 183 Å². The van der Waals surface area contributed by atoms with Gasteiger partial charge in [-0.15, -0.1) is 0 Å². The number of rotatable bonds is 7. The van der Waals surface area contributed by atoms with Crippen molar-refractivity contribution in [2.45, 2.75) is 39.0 Å². The lowest BCUT2D eigenvalue weighted by molar-refractivity contribution is 0.0345. The highest BCUT2D eigenvalue weighted by atomic mass is 16.3. The molecule has 0 bridgehead atoms. The van der Waals surface area contributed by atoms with E-state index in [0.717, 1.165) is 54.9 Å². The molecule has 2 aromatic heterocycles. The van der Waals surface area contributed by atoms with Crippen molar-refractivity contribution in [2.75, 3.05) is 37.6 Å². The minimum atomic E-state index is -0.663. The number of nitroso groups, excluding NO2 is 1. The predicted molar refractivity (Wildman–Crippen MR) is 124 cm³/mol. The van der Waals surface area contributed by atoms with Gasteiger partial charge < -0.3 is 14.6 Å². The first-order valence-electron chi connectivity index (χ1n) is 10.9. The summed E-state index contributed by atoms with van der Waals surface area (Å²) < 4.78 is 2.17. The van der Waals surface area contributed by atoms with E-state index in [4.69, 9.17) is 0 Å². The van der Waals surface area contributed by atoms with Crippen molar-refractivity contribution >= 4 is 16.7 Å². The lowest BCUT2D eigenvalue weighted by Gasteiger charge is -2.38. The van der Waals surface area contributed by atoms with Crippen LogP contribution in [0.3, 0.4) is 0 Å². The number of fused-ring (bicyclic) bond motifs is 1. The summed E-state index contributed by atoms with van der Waals surface area (Å²) in [6.07, 6.45) is 3.98. The number of anilines is 1. The smallest absolute Gasteiger partial charge is 0.142 e. The number of pyridine rings is 1. The molecule has 1 aliphatic heterocycles. The highest BCUT2D eigenvalue weighted by Crippen LogP contribution is 2.28. The number of piperazine rings is 1. The van der Waals surface area contributed by atoms with E-state index in [9.17, 15) is 10.0 Å². The zero-order valence-electron chi connectivity index (χ0n) is 18.5. The van der Waals surface area contributed by atoms with E-state index in [-0.39, 0.29) is 6.04 Å². The number of aliphatic hydroxyl groups is 1. The molecule has 31 heavy (non-hydrogen) atoms. The molecule has 1 fully saturated rings. The van der Waals surface area contributed by atoms with Crippen LogP contribution >= 0.6 is 0 Å². The predicted octanol–water partition coefficient (Wildman–Crippen LogP) is 3.80. The third-order valence-electron chi connectivity index (χ3n) is 5.94. The van der Waals surface area contributed by atoms with Gasteiger partial charge in [-0.25, -0.2) is 4.98 Å². The second kappa shape index (κ2) is 8.77. The molecule has 0 radical (unpaired) electrons. The van der Waals surface area contributed by atoms with Crippen molar-refractivity contribution in [3.63, 3.8) is 0 Å². The van der Waals surface area contributed by atoms with Gasteiger partial charge in [0.1, 0.15) is 11.7 Å². The second-order valence-corrected chi connectivity index (χ2v) is 9.11. The summed E-state index contributed by atoms with van der Waals surface area (Å²) >= 11 is 0. The van der Waals surface area contributed by atoms with E-state index in [1.165, 1.54) is 5.69 Å². The third-order valence-corrected chi connectivity index (χ3v) is 5.94. The molecule has 1 aliphatic rings. The molecular weight excluding hydrogens is 390 g/mol. The van der Waals surface area contributed by atoms with E-state index in [1.807, 2.05) is 32.2 Å². The van der Waals surface area contributed by atoms with Crippen LogP contribution in [0.4, 0.5) is 5.69 Å². The van der Waals surface area contributed by atoms with Gasteiger partial charge in [-0.2, -0.15) is 4.91 Å². The maximum atomic E-state index is 10.8. The summed E-state index contributed by atoms with van der Waals surface area (Å²) in [6, 6.07) is 12.0. The number of hydrogen-bond acceptors (Lipinski definition) is 6. The fourth-order valence-corrected chi connectivity index (χ4v) is 4.33. The Morgan fingerprint density at radius 1 is 1.10 bits per heavy atom. The van der Waals surface area contributed by atoms with E-state index in [1.54, 1.807) is 6.92 Å². The van der Waals surface area contributed by atoms with Gasteiger partial charge in [0.2, 0.25) is 0 Å². The van der Waals surface area contributed by atoms with Crippen molar-refractivity contribution in [1.82, 2.24) is 14.5 Å². The average Bonchev–Trinajstić information content (AvgIpc) is 3.16. The standard InChI is InChI=1S/C24H31N5O2/c1-18(26-31)20-6-4-19(5-7-20)16-29-11-9-21-22(8-10-25-23(21)29)28-14-12-27(13-15-28)17-24(2,3)30/h4-11,18,30H,12-17H2,1-3H3. The summed E-state index contributed by atoms with van der Waals surface area (Å²) in [5, 5.41) is 14.3. The molecule has 3 heterocycles. The molecule has 1 unspecified atom stereocenters. The number of aromatic nitrogens is 2. The fraction of sp³-hybridized carbons (Fsp3) is 0.458. The van der Waals surface area contributed by atoms with Crippen LogP contribution in [0.25, 0.3) is 11.0 Å². The van der Waals surface area contributed by atoms with Crippen LogP contribution in [0.2, 0.25) is 0 Å². The quantitative estimate of drug-likeness (QED) is 0.588. The Morgan fingerprint density at radius 3 is 2.45 bits per heavy atom. The third kappa shape index (κ3) is 4.94. The van der Waals surface area contributed by atoms with Crippen LogP contribution in [0.15, 0.2) is 54.0 Å². The zero-order chi connectivity index (χ0) is 22.0. The molecule has 164 valence electrons. The van der Waals surface area contributed by atoms with Crippen LogP contribution in [0.5, 0.6) is 0 Å². The van der Waals surface area contributed by atoms with Gasteiger partial charge in [0.15, 0.2) is 0 Å². The molecule has 3 aromatic rings. The van der Waals surface area contributed by atoms with Crippen molar-refractivity contribution in [3.8, 4) is 0 Å². The normalized spacial score (nSPS) is 16.6. The Kier molecular flexibility index (Phi) is 6.07. The molecule has 1 saturated heterocycles. The van der Waals surface area contributed by atoms with Gasteiger partial charge >= 0.3 is 0 Å². The van der Waals surface area contributed by atoms with Crippen molar-refractivity contribution in [3.05, 3.63) is 64.8 Å². The highest BCUT2D eigenvalue weighted by Gasteiger charge is 2.24. The second-order valence-electron chi connectivity index (χ2n) is 9.11. The first kappa shape index (κ1) is 21.5. The van der Waals surface area contributed by atoms with Crippen LogP contribution in [-0.4, -0.2) is 57.9 Å². The van der Waals surface area contributed by atoms with Gasteiger partial charge in [0.25, 0.3) is 0 Å². The van der Waals surface area contributed by atoms with Crippen LogP contribution < -0.4 is 4.90 Å². The summed E-state index contributed by atoms with van der Waals surface area (Å²) in [7, 11) is 0. The average molecular weight is 422 g/mol. The minimum Gasteiger partial charge on any atom is -0.389 e. The number of benzene rings is 1. The summed E-state index contributed by atoms with van der Waals surface area (Å²) in [6.45, 7) is 10.7. The molecular formula is C24H31N5O2. The first-order valence-corrected chi connectivity index (χ1v) is 10.9. The number of hydrogen-bond donors (Lipinski definition) is 1. The highest BCUT2D eigenvalue weighted by molar-refractivity contribution is 5.90. The molecule has 0 amide bonds. The van der Waals surface area contributed by atoms with Crippen molar-refractivity contribution in [1.29, 1.82) is 0 Å². The van der Waals surface area contributed by atoms with Gasteiger partial charge in [0.05, 0.1) is 5.60 Å². The minimum absolute atomic E-state index is 0.324. The van der Waals surface area contributed by atoms with Gasteiger partial charge in [-0.1, -0.05) is 29.4 Å². The maximum absolute atomic E-state index is 10.8. The SMILES string of the molecule is CC(N=O)c1ccc(Cn2ccc3c(N4CCN(CC(C)(C)O)CC4)ccnc32)cc1.